The number of nitrogens with one attached hydrogen (secondary N) is 1. The van der Waals surface area contributed by atoms with Crippen LogP contribution in [0, 0.1) is 5.92 Å². The van der Waals surface area contributed by atoms with Crippen LogP contribution in [0.5, 0.6) is 11.5 Å². The van der Waals surface area contributed by atoms with Crippen molar-refractivity contribution in [3.05, 3.63) is 35.0 Å². The third kappa shape index (κ3) is 3.09. The Kier molecular flexibility index (Phi) is 4.80. The predicted molar refractivity (Wildman–Crippen MR) is 97.0 cm³/mol. The molecule has 1 aromatic carbocycles. The van der Waals surface area contributed by atoms with Gasteiger partial charge in [-0.05, 0) is 23.6 Å². The fraction of sp³-hybridized carbons (Fsp3) is 0.474. The van der Waals surface area contributed by atoms with Crippen molar-refractivity contribution >= 4 is 11.9 Å². The molecule has 0 aromatic heterocycles. The molecule has 26 heavy (non-hydrogen) atoms. The fourth-order valence-electron chi connectivity index (χ4n) is 3.46. The Morgan fingerprint density at radius 1 is 1.15 bits per heavy atom. The number of hydrogen-bond acceptors (Lipinski definition) is 4. The summed E-state index contributed by atoms with van der Waals surface area (Å²) in [6.45, 7) is 5.25. The Bertz CT molecular complexity index is 750. The van der Waals surface area contributed by atoms with E-state index in [4.69, 9.17) is 9.47 Å². The maximum absolute atomic E-state index is 13.0. The summed E-state index contributed by atoms with van der Waals surface area (Å²) in [7, 11) is 4.84. The molecule has 2 aliphatic rings. The van der Waals surface area contributed by atoms with Gasteiger partial charge in [0.15, 0.2) is 0 Å². The van der Waals surface area contributed by atoms with E-state index in [1.54, 1.807) is 32.2 Å². The van der Waals surface area contributed by atoms with Crippen molar-refractivity contribution in [2.24, 2.45) is 5.92 Å². The highest BCUT2D eigenvalue weighted by molar-refractivity contribution is 6.01. The molecule has 0 spiro atoms. The molecular weight excluding hydrogens is 334 g/mol. The number of benzene rings is 1. The lowest BCUT2D eigenvalue weighted by molar-refractivity contribution is -0.126. The van der Waals surface area contributed by atoms with E-state index in [0.717, 1.165) is 11.3 Å². The number of rotatable bonds is 5. The maximum atomic E-state index is 13.0. The third-order valence-electron chi connectivity index (χ3n) is 4.73. The van der Waals surface area contributed by atoms with Crippen LogP contribution in [0.15, 0.2) is 29.5 Å². The van der Waals surface area contributed by atoms with Crippen molar-refractivity contribution < 1.29 is 19.1 Å². The highest BCUT2D eigenvalue weighted by Gasteiger charge is 2.43. The van der Waals surface area contributed by atoms with Crippen molar-refractivity contribution in [2.75, 3.05) is 34.4 Å². The Morgan fingerprint density at radius 3 is 2.31 bits per heavy atom. The molecule has 0 aliphatic carbocycles. The molecule has 0 radical (unpaired) electrons. The van der Waals surface area contributed by atoms with E-state index < -0.39 is 6.04 Å². The maximum Gasteiger partial charge on any atom is 0.322 e. The lowest BCUT2D eigenvalue weighted by Gasteiger charge is -2.31. The molecule has 3 amide bonds. The number of carbonyl (C=O) groups excluding carboxylic acids is 2. The van der Waals surface area contributed by atoms with Gasteiger partial charge in [-0.1, -0.05) is 13.8 Å². The summed E-state index contributed by atoms with van der Waals surface area (Å²) < 4.78 is 10.7. The van der Waals surface area contributed by atoms with Gasteiger partial charge >= 0.3 is 6.03 Å². The van der Waals surface area contributed by atoms with Gasteiger partial charge in [-0.2, -0.15) is 0 Å². The fourth-order valence-corrected chi connectivity index (χ4v) is 3.46. The predicted octanol–water partition coefficient (Wildman–Crippen LogP) is 2.15. The molecule has 7 nitrogen and oxygen atoms in total. The van der Waals surface area contributed by atoms with Crippen molar-refractivity contribution in [3.8, 4) is 11.5 Å². The number of likely N-dealkylation sites (N-methyl/N-ethyl adjacent to an activating group) is 1. The van der Waals surface area contributed by atoms with E-state index in [-0.39, 0.29) is 11.9 Å². The Labute approximate surface area is 153 Å². The van der Waals surface area contributed by atoms with Crippen LogP contribution >= 0.6 is 0 Å². The van der Waals surface area contributed by atoms with Crippen LogP contribution in [-0.4, -0.2) is 56.1 Å². The molecular formula is C19H25N3O4. The average molecular weight is 359 g/mol. The van der Waals surface area contributed by atoms with Gasteiger partial charge in [0.05, 0.1) is 38.1 Å². The lowest BCUT2D eigenvalue weighted by atomic mass is 9.95. The number of amides is 3. The lowest BCUT2D eigenvalue weighted by Crippen LogP contribution is -2.45. The zero-order chi connectivity index (χ0) is 19.0. The van der Waals surface area contributed by atoms with Gasteiger partial charge in [0.2, 0.25) is 0 Å². The van der Waals surface area contributed by atoms with E-state index in [0.29, 0.717) is 36.1 Å². The van der Waals surface area contributed by atoms with Crippen molar-refractivity contribution in [3.63, 3.8) is 0 Å². The topological polar surface area (TPSA) is 71.1 Å². The van der Waals surface area contributed by atoms with Crippen LogP contribution in [0.4, 0.5) is 4.79 Å². The number of carbonyl (C=O) groups is 2. The SMILES string of the molecule is COc1cc(OC)cc([C@H]2NC(=O)N(C)C3=C2C(=O)N(CC(C)C)C3)c1. The van der Waals surface area contributed by atoms with Crippen LogP contribution in [0.3, 0.4) is 0 Å². The first-order chi connectivity index (χ1) is 12.3. The molecule has 7 heteroatoms. The molecule has 1 atom stereocenters. The van der Waals surface area contributed by atoms with E-state index in [9.17, 15) is 9.59 Å². The van der Waals surface area contributed by atoms with E-state index in [1.807, 2.05) is 12.1 Å². The zero-order valence-electron chi connectivity index (χ0n) is 15.8. The molecule has 2 heterocycles. The molecule has 0 fully saturated rings. The van der Waals surface area contributed by atoms with E-state index >= 15 is 0 Å². The minimum Gasteiger partial charge on any atom is -0.497 e. The molecule has 1 aromatic rings. The summed E-state index contributed by atoms with van der Waals surface area (Å²) in [6.07, 6.45) is 0. The van der Waals surface area contributed by atoms with Crippen molar-refractivity contribution in [2.45, 2.75) is 19.9 Å². The number of ether oxygens (including phenoxy) is 2. The van der Waals surface area contributed by atoms with Crippen LogP contribution in [-0.2, 0) is 4.79 Å². The molecule has 2 aliphatic heterocycles. The van der Waals surface area contributed by atoms with E-state index in [1.165, 1.54) is 4.90 Å². The molecule has 0 unspecified atom stereocenters. The first-order valence-electron chi connectivity index (χ1n) is 8.65. The standard InChI is InChI=1S/C19H25N3O4/c1-11(2)9-22-10-15-16(18(22)23)17(20-19(24)21(15)3)12-6-13(25-4)8-14(7-12)26-5/h6-8,11,17H,9-10H2,1-5H3,(H,20,24)/t17-/m1/s1. The van der Waals surface area contributed by atoms with Gasteiger partial charge in [-0.15, -0.1) is 0 Å². The number of nitrogens with zero attached hydrogens (tertiary/aromatic N) is 2. The molecule has 1 N–H and O–H groups in total. The van der Waals surface area contributed by atoms with Gasteiger partial charge in [0, 0.05) is 19.7 Å². The summed E-state index contributed by atoms with van der Waals surface area (Å²) in [6, 6.07) is 4.65. The Balaban J connectivity index is 2.05. The molecule has 140 valence electrons. The van der Waals surface area contributed by atoms with Gasteiger partial charge in [0.25, 0.3) is 5.91 Å². The quantitative estimate of drug-likeness (QED) is 0.874. The first kappa shape index (κ1) is 18.1. The van der Waals surface area contributed by atoms with E-state index in [2.05, 4.69) is 19.2 Å². The number of urea groups is 1. The van der Waals surface area contributed by atoms with Crippen molar-refractivity contribution in [1.82, 2.24) is 15.1 Å². The minimum absolute atomic E-state index is 0.0349. The smallest absolute Gasteiger partial charge is 0.322 e. The summed E-state index contributed by atoms with van der Waals surface area (Å²) in [5, 5.41) is 2.93. The highest BCUT2D eigenvalue weighted by Crippen LogP contribution is 2.38. The first-order valence-corrected chi connectivity index (χ1v) is 8.65. The molecule has 0 saturated carbocycles. The minimum atomic E-state index is -0.526. The molecule has 0 bridgehead atoms. The number of hydrogen-bond donors (Lipinski definition) is 1. The molecule has 0 saturated heterocycles. The van der Waals surface area contributed by atoms with Crippen molar-refractivity contribution in [1.29, 1.82) is 0 Å². The largest absolute Gasteiger partial charge is 0.497 e. The normalized spacial score (nSPS) is 19.8. The Morgan fingerprint density at radius 2 is 1.77 bits per heavy atom. The summed E-state index contributed by atoms with van der Waals surface area (Å²) >= 11 is 0. The summed E-state index contributed by atoms with van der Waals surface area (Å²) in [5.41, 5.74) is 2.13. The Hall–Kier alpha value is -2.70. The summed E-state index contributed by atoms with van der Waals surface area (Å²) in [4.78, 5) is 28.8. The highest BCUT2D eigenvalue weighted by atomic mass is 16.5. The second-order valence-corrected chi connectivity index (χ2v) is 7.03. The monoisotopic (exact) mass is 359 g/mol. The van der Waals surface area contributed by atoms with Gasteiger partial charge < -0.3 is 19.7 Å². The summed E-state index contributed by atoms with van der Waals surface area (Å²) in [5.74, 6) is 1.54. The van der Waals surface area contributed by atoms with Crippen LogP contribution in [0.1, 0.15) is 25.5 Å². The van der Waals surface area contributed by atoms with Gasteiger partial charge in [-0.3, -0.25) is 9.69 Å². The van der Waals surface area contributed by atoms with Gasteiger partial charge in [0.1, 0.15) is 11.5 Å². The zero-order valence-corrected chi connectivity index (χ0v) is 15.8. The van der Waals surface area contributed by atoms with Crippen LogP contribution < -0.4 is 14.8 Å². The third-order valence-corrected chi connectivity index (χ3v) is 4.73. The molecule has 3 rings (SSSR count). The van der Waals surface area contributed by atoms with Gasteiger partial charge in [-0.25, -0.2) is 4.79 Å². The number of methoxy groups -OCH3 is 2. The average Bonchev–Trinajstić information content (AvgIpc) is 2.94. The van der Waals surface area contributed by atoms with Crippen LogP contribution in [0.25, 0.3) is 0 Å². The second-order valence-electron chi connectivity index (χ2n) is 7.03. The second kappa shape index (κ2) is 6.90. The van der Waals surface area contributed by atoms with Crippen LogP contribution in [0.2, 0.25) is 0 Å².